The van der Waals surface area contributed by atoms with E-state index in [4.69, 9.17) is 0 Å². The fraction of sp³-hybridized carbons (Fsp3) is 0.647. The SMILES string of the molecule is O=C(NC1CCCCCCC1)c1cc2sc(C3CC3)nc2[nH]1. The first-order valence-electron chi connectivity index (χ1n) is 8.60. The maximum atomic E-state index is 12.4. The summed E-state index contributed by atoms with van der Waals surface area (Å²) in [5.74, 6) is 0.710. The molecule has 0 spiro atoms. The van der Waals surface area contributed by atoms with Crippen molar-refractivity contribution in [3.63, 3.8) is 0 Å². The molecule has 2 N–H and O–H groups in total. The minimum absolute atomic E-state index is 0.0312. The molecular formula is C17H23N3OS. The molecule has 118 valence electrons. The van der Waals surface area contributed by atoms with E-state index in [-0.39, 0.29) is 5.91 Å². The molecule has 2 aliphatic rings. The molecule has 2 aromatic heterocycles. The number of rotatable bonds is 3. The lowest BCUT2D eigenvalue weighted by atomic mass is 9.96. The molecule has 0 aliphatic heterocycles. The number of aromatic nitrogens is 2. The fourth-order valence-electron chi connectivity index (χ4n) is 3.32. The van der Waals surface area contributed by atoms with E-state index in [1.807, 2.05) is 6.07 Å². The molecule has 2 heterocycles. The molecular weight excluding hydrogens is 294 g/mol. The number of H-pyrrole nitrogens is 1. The molecule has 0 unspecified atom stereocenters. The number of nitrogens with one attached hydrogen (secondary N) is 2. The highest BCUT2D eigenvalue weighted by atomic mass is 32.1. The summed E-state index contributed by atoms with van der Waals surface area (Å²) in [6.07, 6.45) is 11.2. The Morgan fingerprint density at radius 1 is 1.14 bits per heavy atom. The van der Waals surface area contributed by atoms with Crippen LogP contribution < -0.4 is 5.32 Å². The van der Waals surface area contributed by atoms with E-state index in [0.717, 1.165) is 23.2 Å². The highest BCUT2D eigenvalue weighted by molar-refractivity contribution is 7.18. The topological polar surface area (TPSA) is 57.8 Å². The molecule has 2 saturated carbocycles. The van der Waals surface area contributed by atoms with Crippen molar-refractivity contribution in [1.29, 1.82) is 0 Å². The molecule has 0 radical (unpaired) electrons. The maximum Gasteiger partial charge on any atom is 0.268 e. The molecule has 22 heavy (non-hydrogen) atoms. The number of carbonyl (C=O) groups excluding carboxylic acids is 1. The van der Waals surface area contributed by atoms with Crippen molar-refractivity contribution < 1.29 is 4.79 Å². The minimum atomic E-state index is 0.0312. The second-order valence-corrected chi connectivity index (χ2v) is 7.80. The zero-order valence-corrected chi connectivity index (χ0v) is 13.7. The molecule has 1 amide bonds. The maximum absolute atomic E-state index is 12.4. The molecule has 4 nitrogen and oxygen atoms in total. The van der Waals surface area contributed by atoms with Crippen LogP contribution in [-0.2, 0) is 0 Å². The second-order valence-electron chi connectivity index (χ2n) is 6.74. The van der Waals surface area contributed by atoms with Gasteiger partial charge < -0.3 is 10.3 Å². The van der Waals surface area contributed by atoms with Crippen LogP contribution >= 0.6 is 11.3 Å². The number of amides is 1. The van der Waals surface area contributed by atoms with Crippen LogP contribution in [0.25, 0.3) is 10.3 Å². The fourth-order valence-corrected chi connectivity index (χ4v) is 4.46. The Hall–Kier alpha value is -1.36. The van der Waals surface area contributed by atoms with E-state index in [1.165, 1.54) is 50.0 Å². The normalized spacial score (nSPS) is 20.7. The summed E-state index contributed by atoms with van der Waals surface area (Å²) in [6, 6.07) is 2.31. The van der Waals surface area contributed by atoms with Gasteiger partial charge in [-0.25, -0.2) is 4.98 Å². The van der Waals surface area contributed by atoms with Crippen molar-refractivity contribution in [2.45, 2.75) is 69.7 Å². The summed E-state index contributed by atoms with van der Waals surface area (Å²) >= 11 is 1.74. The first-order valence-corrected chi connectivity index (χ1v) is 9.41. The number of fused-ring (bicyclic) bond motifs is 1. The van der Waals surface area contributed by atoms with Gasteiger partial charge in [0.1, 0.15) is 11.3 Å². The third-order valence-electron chi connectivity index (χ3n) is 4.81. The van der Waals surface area contributed by atoms with Crippen LogP contribution in [0, 0.1) is 0 Å². The lowest BCUT2D eigenvalue weighted by Gasteiger charge is -2.20. The summed E-state index contributed by atoms with van der Waals surface area (Å²) in [7, 11) is 0. The van der Waals surface area contributed by atoms with Gasteiger partial charge in [0.15, 0.2) is 0 Å². The van der Waals surface area contributed by atoms with Crippen LogP contribution in [0.15, 0.2) is 6.07 Å². The van der Waals surface area contributed by atoms with Gasteiger partial charge in [-0.2, -0.15) is 0 Å². The van der Waals surface area contributed by atoms with Crippen molar-refractivity contribution in [3.05, 3.63) is 16.8 Å². The monoisotopic (exact) mass is 317 g/mol. The van der Waals surface area contributed by atoms with Crippen molar-refractivity contribution in [2.24, 2.45) is 0 Å². The Labute approximate surface area is 134 Å². The van der Waals surface area contributed by atoms with Crippen molar-refractivity contribution in [1.82, 2.24) is 15.3 Å². The van der Waals surface area contributed by atoms with Crippen molar-refractivity contribution in [3.8, 4) is 0 Å². The van der Waals surface area contributed by atoms with E-state index in [9.17, 15) is 4.79 Å². The van der Waals surface area contributed by atoms with Gasteiger partial charge in [-0.3, -0.25) is 4.79 Å². The van der Waals surface area contributed by atoms with Gasteiger partial charge in [0.05, 0.1) is 9.71 Å². The summed E-state index contributed by atoms with van der Waals surface area (Å²) in [6.45, 7) is 0. The van der Waals surface area contributed by atoms with E-state index in [1.54, 1.807) is 11.3 Å². The number of thiazole rings is 1. The van der Waals surface area contributed by atoms with E-state index < -0.39 is 0 Å². The third kappa shape index (κ3) is 3.05. The smallest absolute Gasteiger partial charge is 0.268 e. The average Bonchev–Trinajstić information content (AvgIpc) is 3.12. The minimum Gasteiger partial charge on any atom is -0.348 e. The number of nitrogens with zero attached hydrogens (tertiary/aromatic N) is 1. The van der Waals surface area contributed by atoms with E-state index >= 15 is 0 Å². The number of aromatic amines is 1. The molecule has 0 bridgehead atoms. The van der Waals surface area contributed by atoms with Crippen LogP contribution in [0.1, 0.15) is 79.2 Å². The summed E-state index contributed by atoms with van der Waals surface area (Å²) in [4.78, 5) is 20.3. The average molecular weight is 317 g/mol. The quantitative estimate of drug-likeness (QED) is 0.884. The van der Waals surface area contributed by atoms with Crippen LogP contribution in [0.3, 0.4) is 0 Å². The molecule has 2 aromatic rings. The molecule has 5 heteroatoms. The van der Waals surface area contributed by atoms with Gasteiger partial charge in [0.25, 0.3) is 5.91 Å². The van der Waals surface area contributed by atoms with Crippen LogP contribution in [-0.4, -0.2) is 21.9 Å². The van der Waals surface area contributed by atoms with Gasteiger partial charge >= 0.3 is 0 Å². The predicted octanol–water partition coefficient (Wildman–Crippen LogP) is 4.34. The Balaban J connectivity index is 1.43. The van der Waals surface area contributed by atoms with Gasteiger partial charge in [-0.1, -0.05) is 32.1 Å². The Kier molecular flexibility index (Phi) is 3.90. The van der Waals surface area contributed by atoms with Crippen molar-refractivity contribution >= 4 is 27.6 Å². The van der Waals surface area contributed by atoms with Gasteiger partial charge in [-0.15, -0.1) is 11.3 Å². The zero-order chi connectivity index (χ0) is 14.9. The molecule has 4 rings (SSSR count). The highest BCUT2D eigenvalue weighted by Crippen LogP contribution is 2.43. The third-order valence-corrected chi connectivity index (χ3v) is 5.97. The summed E-state index contributed by atoms with van der Waals surface area (Å²) < 4.78 is 1.12. The summed E-state index contributed by atoms with van der Waals surface area (Å²) in [5, 5.41) is 4.44. The highest BCUT2D eigenvalue weighted by Gasteiger charge is 2.28. The predicted molar refractivity (Wildman–Crippen MR) is 89.5 cm³/mol. The second kappa shape index (κ2) is 6.03. The number of hydrogen-bond donors (Lipinski definition) is 2. The van der Waals surface area contributed by atoms with E-state index in [0.29, 0.717) is 17.7 Å². The van der Waals surface area contributed by atoms with Crippen LogP contribution in [0.4, 0.5) is 0 Å². The first kappa shape index (κ1) is 14.2. The number of carbonyl (C=O) groups is 1. The van der Waals surface area contributed by atoms with Gasteiger partial charge in [-0.05, 0) is 31.7 Å². The summed E-state index contributed by atoms with van der Waals surface area (Å²) in [5.41, 5.74) is 1.55. The zero-order valence-electron chi connectivity index (χ0n) is 12.9. The first-order chi connectivity index (χ1) is 10.8. The van der Waals surface area contributed by atoms with Crippen molar-refractivity contribution in [2.75, 3.05) is 0 Å². The molecule has 2 fully saturated rings. The van der Waals surface area contributed by atoms with Gasteiger partial charge in [0.2, 0.25) is 0 Å². The number of hydrogen-bond acceptors (Lipinski definition) is 3. The molecule has 2 aliphatic carbocycles. The van der Waals surface area contributed by atoms with Crippen LogP contribution in [0.2, 0.25) is 0 Å². The van der Waals surface area contributed by atoms with Crippen LogP contribution in [0.5, 0.6) is 0 Å². The Morgan fingerprint density at radius 3 is 2.55 bits per heavy atom. The van der Waals surface area contributed by atoms with Gasteiger partial charge in [0, 0.05) is 12.0 Å². The lowest BCUT2D eigenvalue weighted by molar-refractivity contribution is 0.0926. The standard InChI is InChI=1S/C17H23N3OS/c21-16(18-12-6-4-2-1-3-5-7-12)13-10-14-15(19-13)20-17(22-14)11-8-9-11/h10-12,19H,1-9H2,(H,18,21). The Bertz CT molecular complexity index is 631. The van der Waals surface area contributed by atoms with E-state index in [2.05, 4.69) is 15.3 Å². The molecule has 0 aromatic carbocycles. The Morgan fingerprint density at radius 2 is 1.86 bits per heavy atom. The molecule has 0 atom stereocenters. The lowest BCUT2D eigenvalue weighted by Crippen LogP contribution is -2.35. The largest absolute Gasteiger partial charge is 0.348 e. The molecule has 0 saturated heterocycles.